The molecule has 0 aromatic heterocycles. The van der Waals surface area contributed by atoms with Crippen molar-refractivity contribution < 1.29 is 9.90 Å². The molecule has 102 valence electrons. The van der Waals surface area contributed by atoms with E-state index in [0.29, 0.717) is 11.3 Å². The van der Waals surface area contributed by atoms with E-state index in [1.807, 2.05) is 49.4 Å². The Labute approximate surface area is 118 Å². The fraction of sp³-hybridized carbons (Fsp3) is 0.235. The molecule has 2 N–H and O–H groups in total. The third kappa shape index (κ3) is 2.58. The van der Waals surface area contributed by atoms with Crippen molar-refractivity contribution in [3.63, 3.8) is 0 Å². The number of aryl methyl sites for hydroxylation is 1. The lowest BCUT2D eigenvalue weighted by molar-refractivity contribution is 0.102. The molecule has 1 amide bonds. The molecule has 1 fully saturated rings. The number of hydrogen-bond acceptors (Lipinski definition) is 2. The number of aliphatic hydroxyl groups is 1. The molecule has 1 aliphatic carbocycles. The number of benzene rings is 2. The zero-order chi connectivity index (χ0) is 14.2. The molecule has 0 saturated heterocycles. The lowest BCUT2D eigenvalue weighted by atomic mass is 10.1. The van der Waals surface area contributed by atoms with Gasteiger partial charge < -0.3 is 10.4 Å². The second-order valence-corrected chi connectivity index (χ2v) is 5.44. The third-order valence-electron chi connectivity index (χ3n) is 3.66. The largest absolute Gasteiger partial charge is 0.385 e. The zero-order valence-corrected chi connectivity index (χ0v) is 11.4. The highest BCUT2D eigenvalue weighted by Crippen LogP contribution is 2.45. The minimum atomic E-state index is -0.677. The summed E-state index contributed by atoms with van der Waals surface area (Å²) >= 11 is 0. The van der Waals surface area contributed by atoms with Gasteiger partial charge in [-0.2, -0.15) is 0 Å². The van der Waals surface area contributed by atoms with Crippen LogP contribution in [0, 0.1) is 6.92 Å². The molecule has 0 bridgehead atoms. The van der Waals surface area contributed by atoms with E-state index in [-0.39, 0.29) is 5.91 Å². The van der Waals surface area contributed by atoms with Crippen LogP contribution in [0.25, 0.3) is 0 Å². The molecule has 0 atom stereocenters. The first-order valence-electron chi connectivity index (χ1n) is 6.78. The third-order valence-corrected chi connectivity index (χ3v) is 3.66. The Morgan fingerprint density at radius 1 is 1.15 bits per heavy atom. The Hall–Kier alpha value is -2.13. The van der Waals surface area contributed by atoms with Gasteiger partial charge >= 0.3 is 0 Å². The van der Waals surface area contributed by atoms with Gasteiger partial charge in [-0.15, -0.1) is 0 Å². The quantitative estimate of drug-likeness (QED) is 0.897. The van der Waals surface area contributed by atoms with Crippen LogP contribution >= 0.6 is 0 Å². The molecule has 3 rings (SSSR count). The maximum absolute atomic E-state index is 12.2. The summed E-state index contributed by atoms with van der Waals surface area (Å²) in [4.78, 5) is 12.2. The molecule has 0 spiro atoms. The highest BCUT2D eigenvalue weighted by Gasteiger charge is 2.42. The van der Waals surface area contributed by atoms with E-state index >= 15 is 0 Å². The Kier molecular flexibility index (Phi) is 3.07. The van der Waals surface area contributed by atoms with Crippen LogP contribution in [0.5, 0.6) is 0 Å². The van der Waals surface area contributed by atoms with Crippen LogP contribution in [0.3, 0.4) is 0 Å². The summed E-state index contributed by atoms with van der Waals surface area (Å²) in [5.74, 6) is -0.131. The lowest BCUT2D eigenvalue weighted by Crippen LogP contribution is -2.13. The minimum absolute atomic E-state index is 0.131. The molecule has 0 heterocycles. The summed E-state index contributed by atoms with van der Waals surface area (Å²) in [5, 5.41) is 13.0. The van der Waals surface area contributed by atoms with E-state index in [4.69, 9.17) is 0 Å². The van der Waals surface area contributed by atoms with Crippen molar-refractivity contribution in [2.24, 2.45) is 0 Å². The van der Waals surface area contributed by atoms with Crippen LogP contribution in [-0.2, 0) is 5.60 Å². The summed E-state index contributed by atoms with van der Waals surface area (Å²) in [6.07, 6.45) is 1.59. The fourth-order valence-corrected chi connectivity index (χ4v) is 2.28. The summed E-state index contributed by atoms with van der Waals surface area (Å²) in [7, 11) is 0. The molecular formula is C17H17NO2. The van der Waals surface area contributed by atoms with E-state index in [1.54, 1.807) is 6.07 Å². The maximum Gasteiger partial charge on any atom is 0.255 e. The SMILES string of the molecule is Cc1cccc(C(=O)Nc2cccc(C3(O)CC3)c2)c1. The van der Waals surface area contributed by atoms with Gasteiger partial charge in [0.15, 0.2) is 0 Å². The molecule has 0 radical (unpaired) electrons. The normalized spacial score (nSPS) is 15.7. The van der Waals surface area contributed by atoms with Crippen molar-refractivity contribution in [3.05, 3.63) is 65.2 Å². The van der Waals surface area contributed by atoms with Gasteiger partial charge in [-0.1, -0.05) is 29.8 Å². The van der Waals surface area contributed by atoms with E-state index in [2.05, 4.69) is 5.32 Å². The average molecular weight is 267 g/mol. The number of amides is 1. The van der Waals surface area contributed by atoms with Crippen LogP contribution in [0.1, 0.15) is 34.3 Å². The van der Waals surface area contributed by atoms with Crippen LogP contribution in [0.15, 0.2) is 48.5 Å². The summed E-state index contributed by atoms with van der Waals surface area (Å²) in [6, 6.07) is 14.9. The monoisotopic (exact) mass is 267 g/mol. The number of carbonyl (C=O) groups is 1. The highest BCUT2D eigenvalue weighted by atomic mass is 16.3. The van der Waals surface area contributed by atoms with E-state index < -0.39 is 5.60 Å². The molecule has 3 heteroatoms. The van der Waals surface area contributed by atoms with Gasteiger partial charge in [0.2, 0.25) is 0 Å². The number of nitrogens with one attached hydrogen (secondary N) is 1. The summed E-state index contributed by atoms with van der Waals surface area (Å²) < 4.78 is 0. The predicted octanol–water partition coefficient (Wildman–Crippen LogP) is 3.23. The number of anilines is 1. The van der Waals surface area contributed by atoms with Gasteiger partial charge in [-0.05, 0) is 49.6 Å². The van der Waals surface area contributed by atoms with Crippen molar-refractivity contribution >= 4 is 11.6 Å². The van der Waals surface area contributed by atoms with E-state index in [0.717, 1.165) is 24.0 Å². The number of rotatable bonds is 3. The Balaban J connectivity index is 1.79. The van der Waals surface area contributed by atoms with Gasteiger partial charge in [0.05, 0.1) is 5.60 Å². The highest BCUT2D eigenvalue weighted by molar-refractivity contribution is 6.04. The zero-order valence-electron chi connectivity index (χ0n) is 11.4. The molecule has 1 saturated carbocycles. The molecule has 2 aromatic rings. The van der Waals surface area contributed by atoms with Crippen LogP contribution in [0.2, 0.25) is 0 Å². The molecule has 20 heavy (non-hydrogen) atoms. The first-order valence-corrected chi connectivity index (χ1v) is 6.78. The van der Waals surface area contributed by atoms with Crippen molar-refractivity contribution in [2.75, 3.05) is 5.32 Å². The predicted molar refractivity (Wildman–Crippen MR) is 78.7 cm³/mol. The first-order chi connectivity index (χ1) is 9.57. The first kappa shape index (κ1) is 12.9. The minimum Gasteiger partial charge on any atom is -0.385 e. The lowest BCUT2D eigenvalue weighted by Gasteiger charge is -2.11. The Morgan fingerprint density at radius 3 is 2.60 bits per heavy atom. The Morgan fingerprint density at radius 2 is 1.90 bits per heavy atom. The molecule has 0 aliphatic heterocycles. The second-order valence-electron chi connectivity index (χ2n) is 5.44. The summed E-state index contributed by atoms with van der Waals surface area (Å²) in [5.41, 5.74) is 2.61. The van der Waals surface area contributed by atoms with Gasteiger partial charge in [-0.25, -0.2) is 0 Å². The molecule has 1 aliphatic rings. The smallest absolute Gasteiger partial charge is 0.255 e. The van der Waals surface area contributed by atoms with Crippen LogP contribution in [-0.4, -0.2) is 11.0 Å². The Bertz CT molecular complexity index is 660. The van der Waals surface area contributed by atoms with Crippen molar-refractivity contribution in [2.45, 2.75) is 25.4 Å². The van der Waals surface area contributed by atoms with Gasteiger partial charge in [0.25, 0.3) is 5.91 Å². The van der Waals surface area contributed by atoms with E-state index in [1.165, 1.54) is 0 Å². The van der Waals surface area contributed by atoms with Gasteiger partial charge in [0.1, 0.15) is 0 Å². The summed E-state index contributed by atoms with van der Waals surface area (Å²) in [6.45, 7) is 1.96. The number of carbonyl (C=O) groups excluding carboxylic acids is 1. The van der Waals surface area contributed by atoms with Crippen molar-refractivity contribution in [3.8, 4) is 0 Å². The average Bonchev–Trinajstić information content (AvgIpc) is 3.18. The fourth-order valence-electron chi connectivity index (χ4n) is 2.28. The van der Waals surface area contributed by atoms with Gasteiger partial charge in [0, 0.05) is 11.3 Å². The van der Waals surface area contributed by atoms with Crippen molar-refractivity contribution in [1.29, 1.82) is 0 Å². The standard InChI is InChI=1S/C17H17NO2/c1-12-4-2-5-13(10-12)16(19)18-15-7-3-6-14(11-15)17(20)8-9-17/h2-7,10-11,20H,8-9H2,1H3,(H,18,19). The second kappa shape index (κ2) is 4.76. The van der Waals surface area contributed by atoms with Crippen LogP contribution in [0.4, 0.5) is 5.69 Å². The van der Waals surface area contributed by atoms with E-state index in [9.17, 15) is 9.90 Å². The topological polar surface area (TPSA) is 49.3 Å². The maximum atomic E-state index is 12.2. The molecule has 2 aromatic carbocycles. The van der Waals surface area contributed by atoms with Crippen molar-refractivity contribution in [1.82, 2.24) is 0 Å². The molecule has 0 unspecified atom stereocenters. The molecule has 3 nitrogen and oxygen atoms in total. The number of hydrogen-bond donors (Lipinski definition) is 2. The molecular weight excluding hydrogens is 250 g/mol. The van der Waals surface area contributed by atoms with Crippen LogP contribution < -0.4 is 5.32 Å². The van der Waals surface area contributed by atoms with Gasteiger partial charge in [-0.3, -0.25) is 4.79 Å².